The smallest absolute Gasteiger partial charge is 0.111 e. The van der Waals surface area contributed by atoms with Crippen LogP contribution in [0.3, 0.4) is 0 Å². The first-order valence-electron chi connectivity index (χ1n) is 5.16. The third-order valence-corrected chi connectivity index (χ3v) is 3.48. The summed E-state index contributed by atoms with van der Waals surface area (Å²) in [6, 6.07) is 5.77. The highest BCUT2D eigenvalue weighted by atomic mass is 79.9. The molecule has 0 aliphatic carbocycles. The standard InChI is InChI=1S/C12H12Br2N2O/c1-16-3-2-15-12(16)7-11(17)8-4-9(13)6-10(14)5-8/h2-6,11,17H,7H2,1H3. The molecule has 0 saturated carbocycles. The van der Waals surface area contributed by atoms with Gasteiger partial charge < -0.3 is 9.67 Å². The van der Waals surface area contributed by atoms with Gasteiger partial charge in [-0.25, -0.2) is 4.98 Å². The fourth-order valence-electron chi connectivity index (χ4n) is 1.65. The molecule has 1 unspecified atom stereocenters. The van der Waals surface area contributed by atoms with E-state index >= 15 is 0 Å². The molecule has 0 aliphatic heterocycles. The lowest BCUT2D eigenvalue weighted by Gasteiger charge is -2.12. The maximum atomic E-state index is 10.2. The monoisotopic (exact) mass is 358 g/mol. The molecule has 90 valence electrons. The molecule has 0 bridgehead atoms. The van der Waals surface area contributed by atoms with E-state index in [1.54, 1.807) is 6.20 Å². The first-order valence-corrected chi connectivity index (χ1v) is 6.75. The first-order chi connectivity index (χ1) is 8.06. The van der Waals surface area contributed by atoms with Gasteiger partial charge in [-0.15, -0.1) is 0 Å². The number of halogens is 2. The van der Waals surface area contributed by atoms with E-state index in [1.165, 1.54) is 0 Å². The number of imidazole rings is 1. The average Bonchev–Trinajstić information content (AvgIpc) is 2.63. The number of nitrogens with zero attached hydrogens (tertiary/aromatic N) is 2. The Morgan fingerprint density at radius 2 is 1.94 bits per heavy atom. The van der Waals surface area contributed by atoms with E-state index in [0.717, 1.165) is 20.3 Å². The van der Waals surface area contributed by atoms with Crippen LogP contribution in [-0.2, 0) is 13.5 Å². The summed E-state index contributed by atoms with van der Waals surface area (Å²) < 4.78 is 3.80. The summed E-state index contributed by atoms with van der Waals surface area (Å²) in [5.74, 6) is 0.869. The number of hydrogen-bond acceptors (Lipinski definition) is 2. The zero-order valence-corrected chi connectivity index (χ0v) is 12.4. The molecule has 0 aliphatic rings. The van der Waals surface area contributed by atoms with Crippen molar-refractivity contribution in [3.05, 3.63) is 50.9 Å². The molecule has 0 amide bonds. The van der Waals surface area contributed by atoms with Crippen LogP contribution in [0.4, 0.5) is 0 Å². The van der Waals surface area contributed by atoms with Gasteiger partial charge in [-0.05, 0) is 23.8 Å². The summed E-state index contributed by atoms with van der Waals surface area (Å²) in [6.45, 7) is 0. The summed E-state index contributed by atoms with van der Waals surface area (Å²) >= 11 is 6.82. The number of aliphatic hydroxyl groups excluding tert-OH is 1. The number of aromatic nitrogens is 2. The van der Waals surface area contributed by atoms with E-state index in [-0.39, 0.29) is 0 Å². The highest BCUT2D eigenvalue weighted by molar-refractivity contribution is 9.11. The number of aryl methyl sites for hydroxylation is 1. The molecule has 5 heteroatoms. The molecule has 1 N–H and O–H groups in total. The molecule has 1 aromatic carbocycles. The minimum Gasteiger partial charge on any atom is -0.388 e. The Labute approximate surface area is 117 Å². The Balaban J connectivity index is 2.20. The van der Waals surface area contributed by atoms with Crippen LogP contribution in [0.1, 0.15) is 17.5 Å². The molecule has 0 radical (unpaired) electrons. The van der Waals surface area contributed by atoms with Crippen LogP contribution in [0.5, 0.6) is 0 Å². The molecule has 2 aromatic rings. The maximum absolute atomic E-state index is 10.2. The number of hydrogen-bond donors (Lipinski definition) is 1. The van der Waals surface area contributed by atoms with Gasteiger partial charge in [0.1, 0.15) is 5.82 Å². The average molecular weight is 360 g/mol. The first kappa shape index (κ1) is 12.8. The molecule has 1 atom stereocenters. The van der Waals surface area contributed by atoms with E-state index in [0.29, 0.717) is 6.42 Å². The van der Waals surface area contributed by atoms with Crippen LogP contribution in [0, 0.1) is 0 Å². The molecule has 1 aromatic heterocycles. The van der Waals surface area contributed by atoms with Crippen molar-refractivity contribution in [3.8, 4) is 0 Å². The molecule has 17 heavy (non-hydrogen) atoms. The summed E-state index contributed by atoms with van der Waals surface area (Å²) in [4.78, 5) is 4.21. The highest BCUT2D eigenvalue weighted by Gasteiger charge is 2.12. The van der Waals surface area contributed by atoms with Crippen molar-refractivity contribution in [1.82, 2.24) is 9.55 Å². The van der Waals surface area contributed by atoms with Crippen molar-refractivity contribution in [3.63, 3.8) is 0 Å². The highest BCUT2D eigenvalue weighted by Crippen LogP contribution is 2.25. The summed E-state index contributed by atoms with van der Waals surface area (Å²) in [6.07, 6.45) is 3.56. The third kappa shape index (κ3) is 3.18. The van der Waals surface area contributed by atoms with Crippen LogP contribution < -0.4 is 0 Å². The molecule has 0 fully saturated rings. The third-order valence-electron chi connectivity index (χ3n) is 2.57. The fraction of sp³-hybridized carbons (Fsp3) is 0.250. The topological polar surface area (TPSA) is 38.0 Å². The van der Waals surface area contributed by atoms with Crippen molar-refractivity contribution >= 4 is 31.9 Å². The summed E-state index contributed by atoms with van der Waals surface area (Å²) in [5.41, 5.74) is 0.870. The lowest BCUT2D eigenvalue weighted by Crippen LogP contribution is -2.06. The Hall–Kier alpha value is -0.650. The molecule has 0 spiro atoms. The maximum Gasteiger partial charge on any atom is 0.111 e. The number of benzene rings is 1. The minimum atomic E-state index is -0.551. The van der Waals surface area contributed by atoms with Crippen LogP contribution in [0.25, 0.3) is 0 Å². The second-order valence-electron chi connectivity index (χ2n) is 3.88. The van der Waals surface area contributed by atoms with Gasteiger partial charge in [-0.3, -0.25) is 0 Å². The summed E-state index contributed by atoms with van der Waals surface area (Å²) in [5, 5.41) is 10.2. The van der Waals surface area contributed by atoms with Gasteiger partial charge >= 0.3 is 0 Å². The second-order valence-corrected chi connectivity index (χ2v) is 5.71. The van der Waals surface area contributed by atoms with Crippen molar-refractivity contribution in [2.45, 2.75) is 12.5 Å². The second kappa shape index (κ2) is 5.33. The van der Waals surface area contributed by atoms with E-state index in [2.05, 4.69) is 36.8 Å². The lowest BCUT2D eigenvalue weighted by atomic mass is 10.1. The van der Waals surface area contributed by atoms with Crippen molar-refractivity contribution in [2.75, 3.05) is 0 Å². The molecular weight excluding hydrogens is 348 g/mol. The van der Waals surface area contributed by atoms with Crippen LogP contribution >= 0.6 is 31.9 Å². The Morgan fingerprint density at radius 3 is 2.47 bits per heavy atom. The zero-order valence-electron chi connectivity index (χ0n) is 9.27. The van der Waals surface area contributed by atoms with Gasteiger partial charge in [0.05, 0.1) is 6.10 Å². The largest absolute Gasteiger partial charge is 0.388 e. The van der Waals surface area contributed by atoms with Crippen LogP contribution in [0.15, 0.2) is 39.5 Å². The predicted molar refractivity (Wildman–Crippen MR) is 73.7 cm³/mol. The van der Waals surface area contributed by atoms with Gasteiger partial charge in [-0.1, -0.05) is 31.9 Å². The Bertz CT molecular complexity index is 505. The fourth-order valence-corrected chi connectivity index (χ4v) is 2.98. The lowest BCUT2D eigenvalue weighted by molar-refractivity contribution is 0.174. The van der Waals surface area contributed by atoms with Gasteiger partial charge in [0.25, 0.3) is 0 Å². The van der Waals surface area contributed by atoms with E-state index in [1.807, 2.05) is 36.0 Å². The number of rotatable bonds is 3. The predicted octanol–water partition coefficient (Wildman–Crippen LogP) is 3.22. The van der Waals surface area contributed by atoms with Crippen LogP contribution in [0.2, 0.25) is 0 Å². The van der Waals surface area contributed by atoms with Gasteiger partial charge in [-0.2, -0.15) is 0 Å². The molecule has 3 nitrogen and oxygen atoms in total. The quantitative estimate of drug-likeness (QED) is 0.913. The van der Waals surface area contributed by atoms with E-state index in [9.17, 15) is 5.11 Å². The molecule has 1 heterocycles. The Kier molecular flexibility index (Phi) is 4.01. The van der Waals surface area contributed by atoms with Gasteiger partial charge in [0.2, 0.25) is 0 Å². The normalized spacial score (nSPS) is 12.7. The van der Waals surface area contributed by atoms with Crippen molar-refractivity contribution < 1.29 is 5.11 Å². The summed E-state index contributed by atoms with van der Waals surface area (Å²) in [7, 11) is 1.92. The van der Waals surface area contributed by atoms with Crippen LogP contribution in [-0.4, -0.2) is 14.7 Å². The van der Waals surface area contributed by atoms with E-state index < -0.39 is 6.10 Å². The van der Waals surface area contributed by atoms with Gasteiger partial charge in [0, 0.05) is 34.8 Å². The molecule has 2 rings (SSSR count). The minimum absolute atomic E-state index is 0.506. The number of aliphatic hydroxyl groups is 1. The van der Waals surface area contributed by atoms with Crippen molar-refractivity contribution in [2.24, 2.45) is 7.05 Å². The van der Waals surface area contributed by atoms with Crippen molar-refractivity contribution in [1.29, 1.82) is 0 Å². The zero-order chi connectivity index (χ0) is 12.4. The molecule has 0 saturated heterocycles. The van der Waals surface area contributed by atoms with E-state index in [4.69, 9.17) is 0 Å². The SMILES string of the molecule is Cn1ccnc1CC(O)c1cc(Br)cc(Br)c1. The molecular formula is C12H12Br2N2O. The Morgan fingerprint density at radius 1 is 1.29 bits per heavy atom. The van der Waals surface area contributed by atoms with Gasteiger partial charge in [0.15, 0.2) is 0 Å².